The van der Waals surface area contributed by atoms with Crippen LogP contribution in [0, 0.1) is 18.3 Å². The first-order valence-corrected chi connectivity index (χ1v) is 7.12. The maximum Gasteiger partial charge on any atom is 0.0596 e. The van der Waals surface area contributed by atoms with E-state index in [1.54, 1.807) is 0 Å². The fourth-order valence-electron chi connectivity index (χ4n) is 2.29. The number of hydrogen-bond donors (Lipinski definition) is 1. The van der Waals surface area contributed by atoms with Gasteiger partial charge in [-0.2, -0.15) is 5.10 Å². The summed E-state index contributed by atoms with van der Waals surface area (Å²) in [7, 11) is 0. The van der Waals surface area contributed by atoms with Crippen LogP contribution in [0.5, 0.6) is 0 Å². The molecule has 1 aromatic heterocycles. The Balaban J connectivity index is 2.81. The summed E-state index contributed by atoms with van der Waals surface area (Å²) in [6.07, 6.45) is 1.10. The number of nitrogens with zero attached hydrogens (tertiary/aromatic N) is 2. The van der Waals surface area contributed by atoms with Crippen LogP contribution in [0.15, 0.2) is 6.07 Å². The van der Waals surface area contributed by atoms with E-state index in [1.807, 2.05) is 0 Å². The van der Waals surface area contributed by atoms with Crippen LogP contribution in [0.25, 0.3) is 0 Å². The molecule has 1 heterocycles. The second-order valence-corrected chi connectivity index (χ2v) is 6.17. The first kappa shape index (κ1) is 15.2. The van der Waals surface area contributed by atoms with Gasteiger partial charge >= 0.3 is 0 Å². The van der Waals surface area contributed by atoms with Crippen LogP contribution in [0.4, 0.5) is 0 Å². The molecule has 3 nitrogen and oxygen atoms in total. The van der Waals surface area contributed by atoms with Gasteiger partial charge in [-0.3, -0.25) is 4.68 Å². The first-order chi connectivity index (χ1) is 8.38. The van der Waals surface area contributed by atoms with E-state index < -0.39 is 0 Å². The van der Waals surface area contributed by atoms with Gasteiger partial charge < -0.3 is 5.32 Å². The number of hydrogen-bond acceptors (Lipinski definition) is 2. The lowest BCUT2D eigenvalue weighted by Gasteiger charge is -2.31. The van der Waals surface area contributed by atoms with Gasteiger partial charge in [0.2, 0.25) is 0 Å². The van der Waals surface area contributed by atoms with E-state index in [2.05, 4.69) is 62.7 Å². The number of rotatable bonds is 6. The second kappa shape index (κ2) is 6.37. The minimum Gasteiger partial charge on any atom is -0.317 e. The van der Waals surface area contributed by atoms with Crippen LogP contribution in [0.3, 0.4) is 0 Å². The standard InChI is InChI=1S/C15H29N3/c1-7-16-11-13(15(4,5)6)10-14-9-12(3)17-18(14)8-2/h9,13,16H,7-8,10-11H2,1-6H3. The Labute approximate surface area is 112 Å². The molecule has 0 amide bonds. The second-order valence-electron chi connectivity index (χ2n) is 6.17. The molecular weight excluding hydrogens is 222 g/mol. The van der Waals surface area contributed by atoms with E-state index in [1.165, 1.54) is 5.69 Å². The SMILES string of the molecule is CCNCC(Cc1cc(C)nn1CC)C(C)(C)C. The minimum absolute atomic E-state index is 0.318. The summed E-state index contributed by atoms with van der Waals surface area (Å²) < 4.78 is 2.14. The molecule has 0 bridgehead atoms. The molecule has 0 aromatic carbocycles. The third kappa shape index (κ3) is 4.13. The highest BCUT2D eigenvalue weighted by atomic mass is 15.3. The maximum atomic E-state index is 4.54. The zero-order valence-electron chi connectivity index (χ0n) is 12.9. The van der Waals surface area contributed by atoms with Gasteiger partial charge in [-0.15, -0.1) is 0 Å². The molecule has 1 atom stereocenters. The van der Waals surface area contributed by atoms with Crippen molar-refractivity contribution in [2.24, 2.45) is 11.3 Å². The lowest BCUT2D eigenvalue weighted by atomic mass is 9.78. The Kier molecular flexibility index (Phi) is 5.39. The molecular formula is C15H29N3. The smallest absolute Gasteiger partial charge is 0.0596 e. The molecule has 0 aliphatic rings. The lowest BCUT2D eigenvalue weighted by Crippen LogP contribution is -2.33. The Morgan fingerprint density at radius 3 is 2.50 bits per heavy atom. The molecule has 0 radical (unpaired) electrons. The number of nitrogens with one attached hydrogen (secondary N) is 1. The van der Waals surface area contributed by atoms with Crippen LogP contribution in [-0.4, -0.2) is 22.9 Å². The van der Waals surface area contributed by atoms with Crippen molar-refractivity contribution >= 4 is 0 Å². The maximum absolute atomic E-state index is 4.54. The van der Waals surface area contributed by atoms with E-state index in [0.29, 0.717) is 11.3 Å². The van der Waals surface area contributed by atoms with Crippen molar-refractivity contribution in [1.82, 2.24) is 15.1 Å². The summed E-state index contributed by atoms with van der Waals surface area (Å²) in [5.74, 6) is 0.638. The molecule has 0 spiro atoms. The molecule has 0 aliphatic carbocycles. The molecule has 104 valence electrons. The monoisotopic (exact) mass is 251 g/mol. The molecule has 1 aromatic rings. The van der Waals surface area contributed by atoms with E-state index in [0.717, 1.165) is 31.7 Å². The van der Waals surface area contributed by atoms with Gasteiger partial charge in [0.25, 0.3) is 0 Å². The van der Waals surface area contributed by atoms with E-state index in [-0.39, 0.29) is 0 Å². The quantitative estimate of drug-likeness (QED) is 0.842. The summed E-state index contributed by atoms with van der Waals surface area (Å²) in [5, 5.41) is 8.03. The first-order valence-electron chi connectivity index (χ1n) is 7.12. The zero-order valence-corrected chi connectivity index (χ0v) is 12.9. The minimum atomic E-state index is 0.318. The van der Waals surface area contributed by atoms with Crippen molar-refractivity contribution in [1.29, 1.82) is 0 Å². The number of aromatic nitrogens is 2. The van der Waals surface area contributed by atoms with E-state index in [4.69, 9.17) is 0 Å². The average molecular weight is 251 g/mol. The predicted octanol–water partition coefficient (Wildman–Crippen LogP) is 3.03. The highest BCUT2D eigenvalue weighted by molar-refractivity contribution is 5.10. The Morgan fingerprint density at radius 2 is 2.00 bits per heavy atom. The summed E-state index contributed by atoms with van der Waals surface area (Å²) in [6, 6.07) is 2.23. The fourth-order valence-corrected chi connectivity index (χ4v) is 2.29. The highest BCUT2D eigenvalue weighted by Gasteiger charge is 2.25. The molecule has 1 N–H and O–H groups in total. The van der Waals surface area contributed by atoms with Crippen molar-refractivity contribution in [3.8, 4) is 0 Å². The predicted molar refractivity (Wildman–Crippen MR) is 77.8 cm³/mol. The molecule has 3 heteroatoms. The van der Waals surface area contributed by atoms with E-state index in [9.17, 15) is 0 Å². The van der Waals surface area contributed by atoms with Gasteiger partial charge in [0.1, 0.15) is 0 Å². The molecule has 1 rings (SSSR count). The van der Waals surface area contributed by atoms with Gasteiger partial charge in [-0.05, 0) is 50.8 Å². The normalized spacial score (nSPS) is 13.9. The van der Waals surface area contributed by atoms with Gasteiger partial charge in [-0.25, -0.2) is 0 Å². The lowest BCUT2D eigenvalue weighted by molar-refractivity contribution is 0.228. The van der Waals surface area contributed by atoms with Crippen molar-refractivity contribution in [3.05, 3.63) is 17.5 Å². The summed E-state index contributed by atoms with van der Waals surface area (Å²) >= 11 is 0. The van der Waals surface area contributed by atoms with Gasteiger partial charge in [0, 0.05) is 12.2 Å². The Bertz CT molecular complexity index is 360. The molecule has 0 fully saturated rings. The van der Waals surface area contributed by atoms with Crippen molar-refractivity contribution < 1.29 is 0 Å². The highest BCUT2D eigenvalue weighted by Crippen LogP contribution is 2.28. The summed E-state index contributed by atoms with van der Waals surface area (Å²) in [4.78, 5) is 0. The van der Waals surface area contributed by atoms with Gasteiger partial charge in [0.15, 0.2) is 0 Å². The van der Waals surface area contributed by atoms with Crippen LogP contribution < -0.4 is 5.32 Å². The average Bonchev–Trinajstić information content (AvgIpc) is 2.63. The summed E-state index contributed by atoms with van der Waals surface area (Å²) in [6.45, 7) is 16.5. The molecule has 0 saturated carbocycles. The van der Waals surface area contributed by atoms with Crippen molar-refractivity contribution in [2.45, 2.75) is 54.5 Å². The third-order valence-corrected chi connectivity index (χ3v) is 3.61. The fraction of sp³-hybridized carbons (Fsp3) is 0.800. The van der Waals surface area contributed by atoms with Gasteiger partial charge in [0.05, 0.1) is 5.69 Å². The van der Waals surface area contributed by atoms with Crippen LogP contribution in [0.1, 0.15) is 46.0 Å². The van der Waals surface area contributed by atoms with Crippen LogP contribution in [-0.2, 0) is 13.0 Å². The van der Waals surface area contributed by atoms with Crippen LogP contribution in [0.2, 0.25) is 0 Å². The Hall–Kier alpha value is -0.830. The topological polar surface area (TPSA) is 29.9 Å². The molecule has 0 saturated heterocycles. The third-order valence-electron chi connectivity index (χ3n) is 3.61. The van der Waals surface area contributed by atoms with Crippen LogP contribution >= 0.6 is 0 Å². The summed E-state index contributed by atoms with van der Waals surface area (Å²) in [5.41, 5.74) is 2.81. The molecule has 1 unspecified atom stereocenters. The van der Waals surface area contributed by atoms with Crippen molar-refractivity contribution in [3.63, 3.8) is 0 Å². The Morgan fingerprint density at radius 1 is 1.33 bits per heavy atom. The van der Waals surface area contributed by atoms with Crippen molar-refractivity contribution in [2.75, 3.05) is 13.1 Å². The van der Waals surface area contributed by atoms with Gasteiger partial charge in [-0.1, -0.05) is 27.7 Å². The molecule has 0 aliphatic heterocycles. The molecule has 18 heavy (non-hydrogen) atoms. The van der Waals surface area contributed by atoms with E-state index >= 15 is 0 Å². The number of aryl methyl sites for hydroxylation is 2. The zero-order chi connectivity index (χ0) is 13.8. The largest absolute Gasteiger partial charge is 0.317 e.